The molecule has 1 aromatic heterocycles. The highest BCUT2D eigenvalue weighted by atomic mass is 35.5. The van der Waals surface area contributed by atoms with E-state index in [1.54, 1.807) is 62.5 Å². The quantitative estimate of drug-likeness (QED) is 0.501. The van der Waals surface area contributed by atoms with Gasteiger partial charge in [-0.1, -0.05) is 72.3 Å². The molecule has 1 atom stereocenters. The average Bonchev–Trinajstić information content (AvgIpc) is 2.92. The van der Waals surface area contributed by atoms with Crippen LogP contribution < -0.4 is 0 Å². The van der Waals surface area contributed by atoms with E-state index in [1.807, 2.05) is 12.1 Å². The summed E-state index contributed by atoms with van der Waals surface area (Å²) in [6.07, 6.45) is -1.07. The van der Waals surface area contributed by atoms with Crippen molar-refractivity contribution >= 4 is 23.4 Å². The summed E-state index contributed by atoms with van der Waals surface area (Å²) in [6.45, 7) is 1.67. The maximum atomic E-state index is 13.0. The molecule has 26 heavy (non-hydrogen) atoms. The number of carbonyl (C=O) groups excluding carboxylic acids is 2. The Bertz CT molecular complexity index is 936. The second kappa shape index (κ2) is 7.54. The maximum absolute atomic E-state index is 13.0. The molecule has 0 aliphatic rings. The summed E-state index contributed by atoms with van der Waals surface area (Å²) >= 11 is 6.15. The van der Waals surface area contributed by atoms with Crippen LogP contribution in [0.2, 0.25) is 5.15 Å². The van der Waals surface area contributed by atoms with Gasteiger partial charge in [0.2, 0.25) is 5.78 Å². The summed E-state index contributed by atoms with van der Waals surface area (Å²) in [6, 6.07) is 17.6. The molecule has 0 bridgehead atoms. The summed E-state index contributed by atoms with van der Waals surface area (Å²) in [5.74, 6) is -0.985. The fourth-order valence-corrected chi connectivity index (χ4v) is 2.93. The van der Waals surface area contributed by atoms with Crippen LogP contribution in [0, 0.1) is 6.92 Å². The molecule has 132 valence electrons. The van der Waals surface area contributed by atoms with Crippen LogP contribution in [0.5, 0.6) is 0 Å². The van der Waals surface area contributed by atoms with Gasteiger partial charge in [-0.25, -0.2) is 4.79 Å². The number of ether oxygens (including phenoxy) is 1. The zero-order valence-electron chi connectivity index (χ0n) is 14.3. The predicted octanol–water partition coefficient (Wildman–Crippen LogP) is 4.16. The largest absolute Gasteiger partial charge is 0.445 e. The van der Waals surface area contributed by atoms with E-state index in [2.05, 4.69) is 5.10 Å². The van der Waals surface area contributed by atoms with Crippen LogP contribution in [0.1, 0.15) is 38.1 Å². The molecule has 0 aliphatic heterocycles. The highest BCUT2D eigenvalue weighted by Gasteiger charge is 2.29. The highest BCUT2D eigenvalue weighted by Crippen LogP contribution is 2.27. The van der Waals surface area contributed by atoms with Crippen LogP contribution in [-0.2, 0) is 11.8 Å². The van der Waals surface area contributed by atoms with E-state index in [4.69, 9.17) is 16.3 Å². The van der Waals surface area contributed by atoms with Gasteiger partial charge < -0.3 is 4.74 Å². The Morgan fingerprint density at radius 3 is 2.15 bits per heavy atom. The Morgan fingerprint density at radius 2 is 1.62 bits per heavy atom. The summed E-state index contributed by atoms with van der Waals surface area (Å²) in [5, 5.41) is 4.29. The van der Waals surface area contributed by atoms with Crippen molar-refractivity contribution in [1.82, 2.24) is 9.78 Å². The lowest BCUT2D eigenvalue weighted by molar-refractivity contribution is 0.0279. The molecular formula is C20H17ClN2O3. The van der Waals surface area contributed by atoms with Gasteiger partial charge in [-0.2, -0.15) is 5.10 Å². The van der Waals surface area contributed by atoms with Gasteiger partial charge in [-0.3, -0.25) is 9.48 Å². The van der Waals surface area contributed by atoms with E-state index in [9.17, 15) is 9.59 Å². The maximum Gasteiger partial charge on any atom is 0.344 e. The van der Waals surface area contributed by atoms with Crippen LogP contribution >= 0.6 is 11.6 Å². The molecule has 6 heteroatoms. The Kier molecular flexibility index (Phi) is 5.19. The molecular weight excluding hydrogens is 352 g/mol. The van der Waals surface area contributed by atoms with Crippen molar-refractivity contribution in [3.05, 3.63) is 88.2 Å². The number of carbonyl (C=O) groups is 2. The molecule has 0 radical (unpaired) electrons. The normalized spacial score (nSPS) is 11.8. The van der Waals surface area contributed by atoms with E-state index < -0.39 is 12.1 Å². The van der Waals surface area contributed by atoms with Gasteiger partial charge in [0, 0.05) is 18.2 Å². The molecule has 0 fully saturated rings. The topological polar surface area (TPSA) is 61.2 Å². The summed E-state index contributed by atoms with van der Waals surface area (Å²) < 4.78 is 6.98. The number of nitrogens with zero attached hydrogens (tertiary/aromatic N) is 2. The van der Waals surface area contributed by atoms with E-state index >= 15 is 0 Å². The molecule has 1 unspecified atom stereocenters. The van der Waals surface area contributed by atoms with Crippen LogP contribution in [0.3, 0.4) is 0 Å². The smallest absolute Gasteiger partial charge is 0.344 e. The number of hydrogen-bond donors (Lipinski definition) is 0. The van der Waals surface area contributed by atoms with E-state index in [0.29, 0.717) is 16.8 Å². The summed E-state index contributed by atoms with van der Waals surface area (Å²) in [5.41, 5.74) is 1.66. The van der Waals surface area contributed by atoms with Crippen LogP contribution in [0.25, 0.3) is 0 Å². The number of hydrogen-bond acceptors (Lipinski definition) is 4. The van der Waals surface area contributed by atoms with Crippen molar-refractivity contribution in [3.8, 4) is 0 Å². The minimum atomic E-state index is -1.07. The third kappa shape index (κ3) is 3.53. The Balaban J connectivity index is 1.96. The van der Waals surface area contributed by atoms with Gasteiger partial charge in [0.1, 0.15) is 10.7 Å². The Hall–Kier alpha value is -2.92. The lowest BCUT2D eigenvalue weighted by Crippen LogP contribution is -2.20. The molecule has 0 aliphatic carbocycles. The first-order chi connectivity index (χ1) is 12.5. The number of Topliss-reactive ketones (excluding diaryl/α,β-unsaturated/α-hetero) is 1. The number of benzene rings is 2. The van der Waals surface area contributed by atoms with Crippen molar-refractivity contribution in [1.29, 1.82) is 0 Å². The van der Waals surface area contributed by atoms with Gasteiger partial charge in [0.15, 0.2) is 6.10 Å². The van der Waals surface area contributed by atoms with Crippen molar-refractivity contribution in [3.63, 3.8) is 0 Å². The third-order valence-electron chi connectivity index (χ3n) is 3.98. The fraction of sp³-hybridized carbons (Fsp3) is 0.150. The van der Waals surface area contributed by atoms with Crippen molar-refractivity contribution in [2.45, 2.75) is 13.0 Å². The van der Waals surface area contributed by atoms with E-state index in [1.165, 1.54) is 4.68 Å². The van der Waals surface area contributed by atoms with Gasteiger partial charge in [-0.15, -0.1) is 0 Å². The first kappa shape index (κ1) is 17.9. The first-order valence-electron chi connectivity index (χ1n) is 8.03. The minimum Gasteiger partial charge on any atom is -0.445 e. The number of halogens is 1. The third-order valence-corrected chi connectivity index (χ3v) is 4.41. The molecule has 2 aromatic carbocycles. The second-order valence-corrected chi connectivity index (χ2v) is 6.16. The molecule has 3 rings (SSSR count). The molecule has 0 N–H and O–H groups in total. The van der Waals surface area contributed by atoms with Crippen molar-refractivity contribution in [2.24, 2.45) is 7.05 Å². The molecule has 0 saturated heterocycles. The average molecular weight is 369 g/mol. The van der Waals surface area contributed by atoms with Crippen LogP contribution in [0.15, 0.2) is 60.7 Å². The predicted molar refractivity (Wildman–Crippen MR) is 98.3 cm³/mol. The number of esters is 1. The number of aromatic nitrogens is 2. The standard InChI is InChI=1S/C20H17ClN2O3/c1-13-16(19(21)23(2)22-13)20(25)26-18(15-11-7-4-8-12-15)17(24)14-9-5-3-6-10-14/h3-12,18H,1-2H3. The van der Waals surface area contributed by atoms with Gasteiger partial charge in [0.05, 0.1) is 5.69 Å². The number of rotatable bonds is 5. The summed E-state index contributed by atoms with van der Waals surface area (Å²) in [7, 11) is 1.63. The van der Waals surface area contributed by atoms with Crippen molar-refractivity contribution < 1.29 is 14.3 Å². The van der Waals surface area contributed by atoms with Crippen LogP contribution in [0.4, 0.5) is 0 Å². The van der Waals surface area contributed by atoms with Gasteiger partial charge in [0.25, 0.3) is 0 Å². The molecule has 0 amide bonds. The first-order valence-corrected chi connectivity index (χ1v) is 8.41. The number of ketones is 1. The lowest BCUT2D eigenvalue weighted by Gasteiger charge is -2.17. The number of aryl methyl sites for hydroxylation is 2. The molecule has 3 aromatic rings. The molecule has 5 nitrogen and oxygen atoms in total. The fourth-order valence-electron chi connectivity index (χ4n) is 2.68. The zero-order chi connectivity index (χ0) is 18.7. The molecule has 0 spiro atoms. The molecule has 1 heterocycles. The second-order valence-electron chi connectivity index (χ2n) is 5.80. The van der Waals surface area contributed by atoms with Crippen LogP contribution in [-0.4, -0.2) is 21.5 Å². The van der Waals surface area contributed by atoms with E-state index in [0.717, 1.165) is 0 Å². The highest BCUT2D eigenvalue weighted by molar-refractivity contribution is 6.32. The lowest BCUT2D eigenvalue weighted by atomic mass is 10.00. The monoisotopic (exact) mass is 368 g/mol. The Morgan fingerprint density at radius 1 is 1.04 bits per heavy atom. The van der Waals surface area contributed by atoms with Crippen molar-refractivity contribution in [2.75, 3.05) is 0 Å². The van der Waals surface area contributed by atoms with E-state index in [-0.39, 0.29) is 16.5 Å². The SMILES string of the molecule is Cc1nn(C)c(Cl)c1C(=O)OC(C(=O)c1ccccc1)c1ccccc1. The zero-order valence-corrected chi connectivity index (χ0v) is 15.1. The summed E-state index contributed by atoms with van der Waals surface area (Å²) in [4.78, 5) is 25.7. The molecule has 0 saturated carbocycles. The Labute approximate surface area is 156 Å². The minimum absolute atomic E-state index is 0.163. The van der Waals surface area contributed by atoms with Gasteiger partial charge >= 0.3 is 5.97 Å². The van der Waals surface area contributed by atoms with Gasteiger partial charge in [-0.05, 0) is 6.92 Å².